The van der Waals surface area contributed by atoms with Crippen LogP contribution in [-0.2, 0) is 11.3 Å². The fraction of sp³-hybridized carbons (Fsp3) is 0.100. The van der Waals surface area contributed by atoms with Gasteiger partial charge in [0.25, 0.3) is 0 Å². The number of aromatic nitrogens is 4. The molecule has 29 heavy (non-hydrogen) atoms. The van der Waals surface area contributed by atoms with Gasteiger partial charge in [-0.05, 0) is 29.8 Å². The van der Waals surface area contributed by atoms with Crippen molar-refractivity contribution < 1.29 is 9.53 Å². The second-order valence-corrected chi connectivity index (χ2v) is 6.16. The highest BCUT2D eigenvalue weighted by atomic mass is 16.5. The standard InChI is InChI=1S/C20H19N7O2/c1-29-17(28)15-4-2-3-5-16(15)24-20-26-18(25-19-22-10-11-27(19)20)23-14-8-6-13(12-21)7-9-14/h2-11H,12,21H2,1H3,(H2,22,23,24,25,26). The van der Waals surface area contributed by atoms with E-state index in [0.717, 1.165) is 11.3 Å². The van der Waals surface area contributed by atoms with Crippen LogP contribution in [0, 0.1) is 0 Å². The molecule has 0 bridgehead atoms. The summed E-state index contributed by atoms with van der Waals surface area (Å²) in [5, 5.41) is 6.34. The first kappa shape index (κ1) is 18.4. The van der Waals surface area contributed by atoms with Crippen LogP contribution in [0.4, 0.5) is 23.3 Å². The molecule has 0 amide bonds. The maximum atomic E-state index is 12.1. The van der Waals surface area contributed by atoms with Gasteiger partial charge in [-0.1, -0.05) is 24.3 Å². The quantitative estimate of drug-likeness (QED) is 0.431. The summed E-state index contributed by atoms with van der Waals surface area (Å²) in [6, 6.07) is 14.7. The van der Waals surface area contributed by atoms with E-state index in [1.165, 1.54) is 7.11 Å². The van der Waals surface area contributed by atoms with E-state index in [2.05, 4.69) is 25.6 Å². The number of imidazole rings is 1. The smallest absolute Gasteiger partial charge is 0.339 e. The van der Waals surface area contributed by atoms with Gasteiger partial charge in [-0.3, -0.25) is 4.40 Å². The number of hydrogen-bond donors (Lipinski definition) is 3. The molecule has 0 saturated heterocycles. The lowest BCUT2D eigenvalue weighted by molar-refractivity contribution is 0.0602. The fourth-order valence-corrected chi connectivity index (χ4v) is 2.82. The number of ether oxygens (including phenoxy) is 1. The van der Waals surface area contributed by atoms with Crippen LogP contribution < -0.4 is 16.4 Å². The average Bonchev–Trinajstić information content (AvgIpc) is 3.23. The zero-order valence-corrected chi connectivity index (χ0v) is 15.7. The van der Waals surface area contributed by atoms with Crippen molar-refractivity contribution in [2.75, 3.05) is 17.7 Å². The Labute approximate surface area is 166 Å². The van der Waals surface area contributed by atoms with Gasteiger partial charge in [0.1, 0.15) is 0 Å². The van der Waals surface area contributed by atoms with Gasteiger partial charge in [0, 0.05) is 24.6 Å². The molecule has 0 aliphatic heterocycles. The summed E-state index contributed by atoms with van der Waals surface area (Å²) in [4.78, 5) is 25.3. The van der Waals surface area contributed by atoms with E-state index in [1.807, 2.05) is 30.3 Å². The molecule has 4 N–H and O–H groups in total. The number of nitrogens with zero attached hydrogens (tertiary/aromatic N) is 4. The minimum absolute atomic E-state index is 0.363. The predicted octanol–water partition coefficient (Wildman–Crippen LogP) is 2.86. The maximum absolute atomic E-state index is 12.1. The lowest BCUT2D eigenvalue weighted by Crippen LogP contribution is -2.10. The monoisotopic (exact) mass is 389 g/mol. The topological polar surface area (TPSA) is 119 Å². The first-order valence-electron chi connectivity index (χ1n) is 8.89. The summed E-state index contributed by atoms with van der Waals surface area (Å²) >= 11 is 0. The average molecular weight is 389 g/mol. The van der Waals surface area contributed by atoms with Crippen LogP contribution in [0.2, 0.25) is 0 Å². The Kier molecular flexibility index (Phi) is 5.04. The minimum Gasteiger partial charge on any atom is -0.465 e. The largest absolute Gasteiger partial charge is 0.465 e. The number of nitrogens with one attached hydrogen (secondary N) is 2. The number of methoxy groups -OCH3 is 1. The Balaban J connectivity index is 1.69. The molecule has 4 aromatic rings. The van der Waals surface area contributed by atoms with Gasteiger partial charge in [-0.15, -0.1) is 0 Å². The number of esters is 1. The number of nitrogens with two attached hydrogens (primary N) is 1. The molecular formula is C20H19N7O2. The van der Waals surface area contributed by atoms with Crippen molar-refractivity contribution in [2.45, 2.75) is 6.54 Å². The second-order valence-electron chi connectivity index (χ2n) is 6.16. The van der Waals surface area contributed by atoms with Crippen LogP contribution in [0.3, 0.4) is 0 Å². The SMILES string of the molecule is COC(=O)c1ccccc1Nc1nc(Nc2ccc(CN)cc2)nc2nccn12. The van der Waals surface area contributed by atoms with Gasteiger partial charge in [0.2, 0.25) is 17.7 Å². The van der Waals surface area contributed by atoms with Gasteiger partial charge in [0.05, 0.1) is 18.4 Å². The molecule has 0 saturated carbocycles. The molecule has 9 heteroatoms. The van der Waals surface area contributed by atoms with Gasteiger partial charge < -0.3 is 21.1 Å². The van der Waals surface area contributed by atoms with E-state index >= 15 is 0 Å². The summed E-state index contributed by atoms with van der Waals surface area (Å²) < 4.78 is 6.55. The Morgan fingerprint density at radius 3 is 2.66 bits per heavy atom. The number of fused-ring (bicyclic) bond motifs is 1. The van der Waals surface area contributed by atoms with E-state index in [9.17, 15) is 4.79 Å². The summed E-state index contributed by atoms with van der Waals surface area (Å²) in [6.07, 6.45) is 3.36. The minimum atomic E-state index is -0.442. The Bertz CT molecular complexity index is 1160. The molecule has 2 aromatic heterocycles. The number of hydrogen-bond acceptors (Lipinski definition) is 8. The van der Waals surface area contributed by atoms with Gasteiger partial charge in [-0.2, -0.15) is 9.97 Å². The van der Waals surface area contributed by atoms with E-state index in [0.29, 0.717) is 35.5 Å². The number of benzene rings is 2. The molecule has 4 rings (SSSR count). The van der Waals surface area contributed by atoms with Crippen LogP contribution in [0.1, 0.15) is 15.9 Å². The lowest BCUT2D eigenvalue weighted by Gasteiger charge is -2.13. The zero-order chi connectivity index (χ0) is 20.2. The molecule has 0 aliphatic rings. The summed E-state index contributed by atoms with van der Waals surface area (Å²) in [5.41, 5.74) is 8.45. The molecule has 2 aromatic carbocycles. The molecule has 9 nitrogen and oxygen atoms in total. The number of carbonyl (C=O) groups excluding carboxylic acids is 1. The fourth-order valence-electron chi connectivity index (χ4n) is 2.82. The third kappa shape index (κ3) is 3.85. The normalized spacial score (nSPS) is 10.7. The van der Waals surface area contributed by atoms with Crippen molar-refractivity contribution in [2.24, 2.45) is 5.73 Å². The van der Waals surface area contributed by atoms with Crippen LogP contribution in [0.15, 0.2) is 60.9 Å². The number of rotatable bonds is 6. The molecule has 146 valence electrons. The van der Waals surface area contributed by atoms with Crippen LogP contribution in [0.25, 0.3) is 5.78 Å². The second kappa shape index (κ2) is 7.95. The highest BCUT2D eigenvalue weighted by Gasteiger charge is 2.14. The predicted molar refractivity (Wildman–Crippen MR) is 109 cm³/mol. The molecule has 0 fully saturated rings. The molecule has 0 radical (unpaired) electrons. The third-order valence-corrected chi connectivity index (χ3v) is 4.29. The number of anilines is 4. The molecule has 0 atom stereocenters. The van der Waals surface area contributed by atoms with Gasteiger partial charge in [-0.25, -0.2) is 9.78 Å². The van der Waals surface area contributed by atoms with Gasteiger partial charge in [0.15, 0.2) is 0 Å². The van der Waals surface area contributed by atoms with Crippen LogP contribution >= 0.6 is 0 Å². The van der Waals surface area contributed by atoms with Crippen LogP contribution in [0.5, 0.6) is 0 Å². The highest BCUT2D eigenvalue weighted by Crippen LogP contribution is 2.23. The van der Waals surface area contributed by atoms with Crippen LogP contribution in [-0.4, -0.2) is 32.4 Å². The van der Waals surface area contributed by atoms with Crippen molar-refractivity contribution in [3.8, 4) is 0 Å². The van der Waals surface area contributed by atoms with Gasteiger partial charge >= 0.3 is 5.97 Å². The molecule has 0 aliphatic carbocycles. The van der Waals surface area contributed by atoms with Crippen molar-refractivity contribution in [3.05, 3.63) is 72.1 Å². The number of carbonyl (C=O) groups is 1. The summed E-state index contributed by atoms with van der Waals surface area (Å²) in [7, 11) is 1.34. The lowest BCUT2D eigenvalue weighted by atomic mass is 10.2. The van der Waals surface area contributed by atoms with E-state index in [4.69, 9.17) is 10.5 Å². The molecular weight excluding hydrogens is 370 g/mol. The van der Waals surface area contributed by atoms with E-state index in [-0.39, 0.29) is 0 Å². The zero-order valence-electron chi connectivity index (χ0n) is 15.7. The van der Waals surface area contributed by atoms with Crippen molar-refractivity contribution in [1.29, 1.82) is 0 Å². The van der Waals surface area contributed by atoms with Crippen molar-refractivity contribution in [1.82, 2.24) is 19.4 Å². The first-order valence-corrected chi connectivity index (χ1v) is 8.89. The maximum Gasteiger partial charge on any atom is 0.339 e. The van der Waals surface area contributed by atoms with Crippen molar-refractivity contribution in [3.63, 3.8) is 0 Å². The summed E-state index contributed by atoms with van der Waals surface area (Å²) in [6.45, 7) is 0.477. The Morgan fingerprint density at radius 2 is 1.90 bits per heavy atom. The first-order chi connectivity index (χ1) is 14.2. The Morgan fingerprint density at radius 1 is 1.10 bits per heavy atom. The highest BCUT2D eigenvalue weighted by molar-refractivity contribution is 5.96. The molecule has 2 heterocycles. The van der Waals surface area contributed by atoms with E-state index < -0.39 is 5.97 Å². The Hall–Kier alpha value is -3.98. The van der Waals surface area contributed by atoms with Crippen molar-refractivity contribution >= 4 is 35.0 Å². The van der Waals surface area contributed by atoms with E-state index in [1.54, 1.807) is 35.0 Å². The molecule has 0 spiro atoms. The number of para-hydroxylation sites is 1. The molecule has 0 unspecified atom stereocenters. The third-order valence-electron chi connectivity index (χ3n) is 4.29. The summed E-state index contributed by atoms with van der Waals surface area (Å²) in [5.74, 6) is 0.827.